The van der Waals surface area contributed by atoms with Crippen LogP contribution < -0.4 is 10.6 Å². The van der Waals surface area contributed by atoms with E-state index >= 15 is 0 Å². The monoisotopic (exact) mass is 309 g/mol. The van der Waals surface area contributed by atoms with Crippen molar-refractivity contribution in [2.45, 2.75) is 64.6 Å². The molecule has 22 heavy (non-hydrogen) atoms. The summed E-state index contributed by atoms with van der Waals surface area (Å²) < 4.78 is 1.88. The van der Waals surface area contributed by atoms with Gasteiger partial charge in [0.2, 0.25) is 0 Å². The summed E-state index contributed by atoms with van der Waals surface area (Å²) in [7, 11) is 0. The number of carbonyl (C=O) groups excluding carboxylic acids is 1. The van der Waals surface area contributed by atoms with Crippen molar-refractivity contribution in [1.82, 2.24) is 25.4 Å². The SMILES string of the molecule is CCn1cnnc1CNC(=O)NC(C)(CO)C1CCCCC1. The first-order valence-corrected chi connectivity index (χ1v) is 8.12. The Kier molecular flexibility index (Phi) is 5.76. The maximum Gasteiger partial charge on any atom is 0.315 e. The topological polar surface area (TPSA) is 92.1 Å². The van der Waals surface area contributed by atoms with E-state index in [9.17, 15) is 9.90 Å². The van der Waals surface area contributed by atoms with E-state index in [-0.39, 0.29) is 12.6 Å². The third kappa shape index (κ3) is 3.97. The fourth-order valence-electron chi connectivity index (χ4n) is 3.15. The molecule has 7 heteroatoms. The first kappa shape index (κ1) is 16.7. The third-order valence-corrected chi connectivity index (χ3v) is 4.68. The van der Waals surface area contributed by atoms with Gasteiger partial charge in [-0.1, -0.05) is 19.3 Å². The van der Waals surface area contributed by atoms with Crippen LogP contribution in [0.2, 0.25) is 0 Å². The van der Waals surface area contributed by atoms with E-state index < -0.39 is 5.54 Å². The number of amides is 2. The normalized spacial score (nSPS) is 18.7. The van der Waals surface area contributed by atoms with Gasteiger partial charge >= 0.3 is 6.03 Å². The summed E-state index contributed by atoms with van der Waals surface area (Å²) >= 11 is 0. The lowest BCUT2D eigenvalue weighted by molar-refractivity contribution is 0.101. The summed E-state index contributed by atoms with van der Waals surface area (Å²) in [5.74, 6) is 1.05. The largest absolute Gasteiger partial charge is 0.394 e. The first-order valence-electron chi connectivity index (χ1n) is 8.12. The Balaban J connectivity index is 1.88. The molecular weight excluding hydrogens is 282 g/mol. The van der Waals surface area contributed by atoms with Gasteiger partial charge in [0, 0.05) is 6.54 Å². The van der Waals surface area contributed by atoms with Crippen LogP contribution in [-0.4, -0.2) is 38.0 Å². The molecule has 124 valence electrons. The molecule has 0 radical (unpaired) electrons. The van der Waals surface area contributed by atoms with Crippen LogP contribution >= 0.6 is 0 Å². The summed E-state index contributed by atoms with van der Waals surface area (Å²) in [5.41, 5.74) is -0.567. The van der Waals surface area contributed by atoms with Crippen LogP contribution in [0.1, 0.15) is 51.8 Å². The van der Waals surface area contributed by atoms with Gasteiger partial charge in [-0.05, 0) is 32.6 Å². The number of aliphatic hydroxyl groups is 1. The molecule has 0 saturated heterocycles. The van der Waals surface area contributed by atoms with Crippen molar-refractivity contribution in [3.63, 3.8) is 0 Å². The lowest BCUT2D eigenvalue weighted by Gasteiger charge is -2.39. The van der Waals surface area contributed by atoms with Gasteiger partial charge in [-0.2, -0.15) is 0 Å². The van der Waals surface area contributed by atoms with Crippen molar-refractivity contribution < 1.29 is 9.90 Å². The molecule has 2 amide bonds. The molecule has 1 unspecified atom stereocenters. The molecule has 1 aliphatic rings. The summed E-state index contributed by atoms with van der Waals surface area (Å²) in [6, 6.07) is -0.271. The van der Waals surface area contributed by atoms with E-state index in [0.29, 0.717) is 12.5 Å². The average Bonchev–Trinajstić information content (AvgIpc) is 3.01. The third-order valence-electron chi connectivity index (χ3n) is 4.68. The quantitative estimate of drug-likeness (QED) is 0.741. The average molecular weight is 309 g/mol. The number of aryl methyl sites for hydroxylation is 1. The van der Waals surface area contributed by atoms with Crippen LogP contribution in [0.4, 0.5) is 4.79 Å². The molecule has 1 fully saturated rings. The first-order chi connectivity index (χ1) is 10.6. The molecule has 0 aromatic carbocycles. The predicted octanol–water partition coefficient (Wildman–Crippen LogP) is 1.43. The summed E-state index contributed by atoms with van der Waals surface area (Å²) in [5, 5.41) is 23.3. The van der Waals surface area contributed by atoms with Crippen molar-refractivity contribution in [3.05, 3.63) is 12.2 Å². The summed E-state index contributed by atoms with van der Waals surface area (Å²) in [6.45, 7) is 4.97. The zero-order valence-corrected chi connectivity index (χ0v) is 13.5. The molecule has 7 nitrogen and oxygen atoms in total. The Morgan fingerprint density at radius 2 is 2.18 bits per heavy atom. The van der Waals surface area contributed by atoms with E-state index in [1.807, 2.05) is 18.4 Å². The number of carbonyl (C=O) groups is 1. The van der Waals surface area contributed by atoms with Crippen LogP contribution in [0, 0.1) is 5.92 Å². The molecule has 0 bridgehead atoms. The van der Waals surface area contributed by atoms with Gasteiger partial charge in [-0.25, -0.2) is 4.79 Å². The van der Waals surface area contributed by atoms with Gasteiger partial charge < -0.3 is 20.3 Å². The summed E-state index contributed by atoms with van der Waals surface area (Å²) in [6.07, 6.45) is 7.35. The second kappa shape index (κ2) is 7.58. The van der Waals surface area contributed by atoms with Crippen molar-refractivity contribution in [1.29, 1.82) is 0 Å². The Bertz CT molecular complexity index is 484. The maximum absolute atomic E-state index is 12.2. The lowest BCUT2D eigenvalue weighted by Crippen LogP contribution is -2.57. The second-order valence-corrected chi connectivity index (χ2v) is 6.25. The highest BCUT2D eigenvalue weighted by atomic mass is 16.3. The second-order valence-electron chi connectivity index (χ2n) is 6.25. The number of aliphatic hydroxyl groups excluding tert-OH is 1. The van der Waals surface area contributed by atoms with E-state index in [1.165, 1.54) is 19.3 Å². The van der Waals surface area contributed by atoms with Crippen LogP contribution in [0.5, 0.6) is 0 Å². The molecule has 1 aromatic heterocycles. The molecule has 0 spiro atoms. The number of nitrogens with zero attached hydrogens (tertiary/aromatic N) is 3. The highest BCUT2D eigenvalue weighted by Gasteiger charge is 2.35. The maximum atomic E-state index is 12.2. The molecule has 1 saturated carbocycles. The van der Waals surface area contributed by atoms with Gasteiger partial charge in [0.15, 0.2) is 5.82 Å². The van der Waals surface area contributed by atoms with Crippen LogP contribution in [-0.2, 0) is 13.1 Å². The van der Waals surface area contributed by atoms with Gasteiger partial charge in [0.05, 0.1) is 18.7 Å². The Morgan fingerprint density at radius 1 is 1.45 bits per heavy atom. The zero-order chi connectivity index (χ0) is 16.0. The fourth-order valence-corrected chi connectivity index (χ4v) is 3.15. The van der Waals surface area contributed by atoms with Gasteiger partial charge in [0.1, 0.15) is 6.33 Å². The number of hydrogen-bond acceptors (Lipinski definition) is 4. The molecule has 1 heterocycles. The number of urea groups is 1. The molecule has 1 atom stereocenters. The van der Waals surface area contributed by atoms with Gasteiger partial charge in [-0.15, -0.1) is 10.2 Å². The van der Waals surface area contributed by atoms with Crippen LogP contribution in [0.3, 0.4) is 0 Å². The van der Waals surface area contributed by atoms with E-state index in [1.54, 1.807) is 6.33 Å². The van der Waals surface area contributed by atoms with Gasteiger partial charge in [-0.3, -0.25) is 0 Å². The standard InChI is InChI=1S/C15H27N5O2/c1-3-20-11-17-19-13(20)9-16-14(22)18-15(2,10-21)12-7-5-4-6-8-12/h11-12,21H,3-10H2,1-2H3,(H2,16,18,22). The van der Waals surface area contributed by atoms with E-state index in [2.05, 4.69) is 20.8 Å². The Hall–Kier alpha value is -1.63. The van der Waals surface area contributed by atoms with Crippen LogP contribution in [0.25, 0.3) is 0 Å². The van der Waals surface area contributed by atoms with Crippen molar-refractivity contribution in [3.8, 4) is 0 Å². The molecule has 1 aliphatic carbocycles. The van der Waals surface area contributed by atoms with Crippen molar-refractivity contribution in [2.75, 3.05) is 6.61 Å². The zero-order valence-electron chi connectivity index (χ0n) is 13.5. The Morgan fingerprint density at radius 3 is 2.82 bits per heavy atom. The van der Waals surface area contributed by atoms with Crippen molar-refractivity contribution in [2.24, 2.45) is 5.92 Å². The Labute approximate surface area is 131 Å². The van der Waals surface area contributed by atoms with Crippen molar-refractivity contribution >= 4 is 6.03 Å². The molecule has 2 rings (SSSR count). The lowest BCUT2D eigenvalue weighted by atomic mass is 9.76. The molecule has 3 N–H and O–H groups in total. The van der Waals surface area contributed by atoms with Gasteiger partial charge in [0.25, 0.3) is 0 Å². The highest BCUT2D eigenvalue weighted by Crippen LogP contribution is 2.32. The van der Waals surface area contributed by atoms with E-state index in [0.717, 1.165) is 25.2 Å². The fraction of sp³-hybridized carbons (Fsp3) is 0.800. The highest BCUT2D eigenvalue weighted by molar-refractivity contribution is 5.74. The number of nitrogens with one attached hydrogen (secondary N) is 2. The predicted molar refractivity (Wildman–Crippen MR) is 83.1 cm³/mol. The van der Waals surface area contributed by atoms with E-state index in [4.69, 9.17) is 0 Å². The minimum Gasteiger partial charge on any atom is -0.394 e. The minimum absolute atomic E-state index is 0.0454. The molecular formula is C15H27N5O2. The molecule has 0 aliphatic heterocycles. The smallest absolute Gasteiger partial charge is 0.315 e. The molecule has 1 aromatic rings. The number of aromatic nitrogens is 3. The minimum atomic E-state index is -0.567. The summed E-state index contributed by atoms with van der Waals surface area (Å²) in [4.78, 5) is 12.2. The van der Waals surface area contributed by atoms with Crippen LogP contribution in [0.15, 0.2) is 6.33 Å². The number of hydrogen-bond donors (Lipinski definition) is 3. The number of rotatable bonds is 6.